The minimum atomic E-state index is -0.235. The summed E-state index contributed by atoms with van der Waals surface area (Å²) in [7, 11) is 0. The first-order chi connectivity index (χ1) is 14.6. The Morgan fingerprint density at radius 3 is 2.53 bits per heavy atom. The van der Waals surface area contributed by atoms with E-state index in [0.29, 0.717) is 16.7 Å². The van der Waals surface area contributed by atoms with Crippen molar-refractivity contribution in [3.63, 3.8) is 0 Å². The van der Waals surface area contributed by atoms with Crippen molar-refractivity contribution in [2.75, 3.05) is 13.1 Å². The summed E-state index contributed by atoms with van der Waals surface area (Å²) in [6, 6.07) is 11.3. The summed E-state index contributed by atoms with van der Waals surface area (Å²) in [5.41, 5.74) is 0.914. The maximum absolute atomic E-state index is 13.0. The van der Waals surface area contributed by atoms with Gasteiger partial charge in [0.15, 0.2) is 11.0 Å². The fourth-order valence-electron chi connectivity index (χ4n) is 3.65. The molecule has 1 atom stereocenters. The largest absolute Gasteiger partial charge is 0.467 e. The van der Waals surface area contributed by atoms with Crippen LogP contribution in [0.5, 0.6) is 0 Å². The smallest absolute Gasteiger partial charge is 0.235 e. The van der Waals surface area contributed by atoms with Crippen molar-refractivity contribution in [2.45, 2.75) is 49.6 Å². The molecule has 0 saturated carbocycles. The predicted molar refractivity (Wildman–Crippen MR) is 119 cm³/mol. The van der Waals surface area contributed by atoms with Gasteiger partial charge in [0.05, 0.1) is 18.1 Å². The second-order valence-electron chi connectivity index (χ2n) is 7.48. The zero-order valence-electron chi connectivity index (χ0n) is 17.0. The summed E-state index contributed by atoms with van der Waals surface area (Å²) in [5.74, 6) is 1.70. The van der Waals surface area contributed by atoms with E-state index in [-0.39, 0.29) is 11.2 Å². The lowest BCUT2D eigenvalue weighted by molar-refractivity contribution is -0.130. The van der Waals surface area contributed by atoms with Gasteiger partial charge in [0.2, 0.25) is 5.91 Å². The van der Waals surface area contributed by atoms with Crippen molar-refractivity contribution in [1.29, 1.82) is 0 Å². The van der Waals surface area contributed by atoms with Gasteiger partial charge in [-0.1, -0.05) is 36.2 Å². The summed E-state index contributed by atoms with van der Waals surface area (Å²) < 4.78 is 7.55. The first kappa shape index (κ1) is 21.0. The fraction of sp³-hybridized carbons (Fsp3) is 0.409. The van der Waals surface area contributed by atoms with Crippen LogP contribution in [0, 0.1) is 0 Å². The van der Waals surface area contributed by atoms with Crippen LogP contribution in [0.25, 0.3) is 11.4 Å². The first-order valence-electron chi connectivity index (χ1n) is 10.3. The van der Waals surface area contributed by atoms with E-state index >= 15 is 0 Å². The molecule has 6 nitrogen and oxygen atoms in total. The maximum Gasteiger partial charge on any atom is 0.235 e. The average molecular weight is 445 g/mol. The number of aromatic nitrogens is 3. The Bertz CT molecular complexity index is 964. The van der Waals surface area contributed by atoms with Crippen molar-refractivity contribution in [3.05, 3.63) is 53.4 Å². The molecule has 1 aromatic carbocycles. The van der Waals surface area contributed by atoms with E-state index in [1.165, 1.54) is 24.6 Å². The third-order valence-corrected chi connectivity index (χ3v) is 6.58. The monoisotopic (exact) mass is 444 g/mol. The highest BCUT2D eigenvalue weighted by Gasteiger charge is 2.25. The quantitative estimate of drug-likeness (QED) is 0.493. The molecule has 1 aliphatic rings. The van der Waals surface area contributed by atoms with E-state index in [1.807, 2.05) is 52.8 Å². The summed E-state index contributed by atoms with van der Waals surface area (Å²) in [6.07, 6.45) is 6.22. The minimum absolute atomic E-state index is 0.169. The van der Waals surface area contributed by atoms with Crippen LogP contribution in [0.15, 0.2) is 52.2 Å². The van der Waals surface area contributed by atoms with Gasteiger partial charge >= 0.3 is 0 Å². The molecule has 2 aromatic heterocycles. The van der Waals surface area contributed by atoms with Crippen LogP contribution in [0.2, 0.25) is 5.02 Å². The number of carbonyl (C=O) groups excluding carboxylic acids is 1. The molecule has 3 heterocycles. The fourth-order valence-corrected chi connectivity index (χ4v) is 4.70. The Morgan fingerprint density at radius 2 is 1.87 bits per heavy atom. The average Bonchev–Trinajstić information content (AvgIpc) is 3.31. The number of hydrogen-bond donors (Lipinski definition) is 0. The number of hydrogen-bond acceptors (Lipinski definition) is 5. The summed E-state index contributed by atoms with van der Waals surface area (Å²) >= 11 is 7.49. The van der Waals surface area contributed by atoms with E-state index in [0.717, 1.165) is 43.1 Å². The molecule has 0 N–H and O–H groups in total. The van der Waals surface area contributed by atoms with Crippen molar-refractivity contribution in [3.8, 4) is 11.4 Å². The van der Waals surface area contributed by atoms with E-state index in [2.05, 4.69) is 10.2 Å². The maximum atomic E-state index is 13.0. The molecule has 0 radical (unpaired) electrons. The van der Waals surface area contributed by atoms with Crippen LogP contribution < -0.4 is 0 Å². The summed E-state index contributed by atoms with van der Waals surface area (Å²) in [4.78, 5) is 15.0. The SMILES string of the molecule is C[C@H](Sc1nnc(-c2ccc(Cl)cc2)n1Cc1ccco1)C(=O)N1CCCCCC1. The molecular weight excluding hydrogens is 420 g/mol. The topological polar surface area (TPSA) is 64.2 Å². The first-order valence-corrected chi connectivity index (χ1v) is 11.5. The van der Waals surface area contributed by atoms with E-state index in [9.17, 15) is 4.79 Å². The zero-order chi connectivity index (χ0) is 20.9. The van der Waals surface area contributed by atoms with E-state index in [4.69, 9.17) is 16.0 Å². The lowest BCUT2D eigenvalue weighted by Crippen LogP contribution is -2.37. The Kier molecular flexibility index (Phi) is 6.79. The third kappa shape index (κ3) is 4.90. The summed E-state index contributed by atoms with van der Waals surface area (Å²) in [5, 5.41) is 9.97. The highest BCUT2D eigenvalue weighted by Crippen LogP contribution is 2.29. The van der Waals surface area contributed by atoms with Crippen LogP contribution in [0.1, 0.15) is 38.4 Å². The Hall–Kier alpha value is -2.25. The molecule has 1 aliphatic heterocycles. The van der Waals surface area contributed by atoms with Crippen molar-refractivity contribution >= 4 is 29.3 Å². The van der Waals surface area contributed by atoms with Gasteiger partial charge in [-0.25, -0.2) is 0 Å². The molecule has 0 unspecified atom stereocenters. The number of amides is 1. The van der Waals surface area contributed by atoms with E-state index < -0.39 is 0 Å². The second kappa shape index (κ2) is 9.71. The van der Waals surface area contributed by atoms with Gasteiger partial charge in [-0.05, 0) is 56.2 Å². The van der Waals surface area contributed by atoms with Gasteiger partial charge in [-0.15, -0.1) is 10.2 Å². The van der Waals surface area contributed by atoms with Crippen LogP contribution in [-0.2, 0) is 11.3 Å². The lowest BCUT2D eigenvalue weighted by atomic mass is 10.2. The molecular formula is C22H25ClN4O2S. The highest BCUT2D eigenvalue weighted by atomic mass is 35.5. The second-order valence-corrected chi connectivity index (χ2v) is 9.22. The summed E-state index contributed by atoms with van der Waals surface area (Å²) in [6.45, 7) is 4.13. The van der Waals surface area contributed by atoms with Gasteiger partial charge in [0.25, 0.3) is 0 Å². The number of halogens is 1. The molecule has 1 fully saturated rings. The van der Waals surface area contributed by atoms with Crippen LogP contribution in [0.3, 0.4) is 0 Å². The minimum Gasteiger partial charge on any atom is -0.467 e. The Balaban J connectivity index is 1.58. The number of rotatable bonds is 6. The Labute approximate surface area is 185 Å². The number of carbonyl (C=O) groups is 1. The molecule has 4 rings (SSSR count). The van der Waals surface area contributed by atoms with Crippen LogP contribution >= 0.6 is 23.4 Å². The van der Waals surface area contributed by atoms with Gasteiger partial charge in [0.1, 0.15) is 5.76 Å². The predicted octanol–water partition coefficient (Wildman–Crippen LogP) is 5.12. The molecule has 0 spiro atoms. The molecule has 1 amide bonds. The van der Waals surface area contributed by atoms with Crippen LogP contribution in [-0.4, -0.2) is 43.9 Å². The highest BCUT2D eigenvalue weighted by molar-refractivity contribution is 8.00. The van der Waals surface area contributed by atoms with Crippen LogP contribution in [0.4, 0.5) is 0 Å². The standard InChI is InChI=1S/C22H25ClN4O2S/c1-16(21(28)26-12-4-2-3-5-13-26)30-22-25-24-20(17-8-10-18(23)11-9-17)27(22)15-19-7-6-14-29-19/h6-11,14,16H,2-5,12-13,15H2,1H3/t16-/m0/s1. The third-order valence-electron chi connectivity index (χ3n) is 5.26. The molecule has 30 heavy (non-hydrogen) atoms. The number of nitrogens with zero attached hydrogens (tertiary/aromatic N) is 4. The normalized spacial score (nSPS) is 15.7. The number of likely N-dealkylation sites (tertiary alicyclic amines) is 1. The van der Waals surface area contributed by atoms with E-state index in [1.54, 1.807) is 6.26 Å². The van der Waals surface area contributed by atoms with Gasteiger partial charge in [0, 0.05) is 23.7 Å². The molecule has 8 heteroatoms. The van der Waals surface area contributed by atoms with Crippen molar-refractivity contribution < 1.29 is 9.21 Å². The van der Waals surface area contributed by atoms with Gasteiger partial charge in [-0.2, -0.15) is 0 Å². The lowest BCUT2D eigenvalue weighted by Gasteiger charge is -2.23. The van der Waals surface area contributed by atoms with Gasteiger partial charge in [-0.3, -0.25) is 9.36 Å². The van der Waals surface area contributed by atoms with Gasteiger partial charge < -0.3 is 9.32 Å². The number of furan rings is 1. The molecule has 1 saturated heterocycles. The molecule has 0 aliphatic carbocycles. The number of benzene rings is 1. The van der Waals surface area contributed by atoms with Crippen molar-refractivity contribution in [2.24, 2.45) is 0 Å². The molecule has 158 valence electrons. The Morgan fingerprint density at radius 1 is 1.13 bits per heavy atom. The zero-order valence-corrected chi connectivity index (χ0v) is 18.5. The van der Waals surface area contributed by atoms with Crippen molar-refractivity contribution in [1.82, 2.24) is 19.7 Å². The molecule has 3 aromatic rings. The molecule has 0 bridgehead atoms. The number of thioether (sulfide) groups is 1.